The van der Waals surface area contributed by atoms with E-state index in [1.165, 1.54) is 16.7 Å². The van der Waals surface area contributed by atoms with Gasteiger partial charge in [-0.2, -0.15) is 0 Å². The smallest absolute Gasteiger partial charge is 0.167 e. The minimum absolute atomic E-state index is 0.00777. The van der Waals surface area contributed by atoms with Gasteiger partial charge in [-0.05, 0) is 43.4 Å². The van der Waals surface area contributed by atoms with Crippen LogP contribution in [0.4, 0.5) is 0 Å². The molecule has 2 aliphatic heterocycles. The molecule has 3 heteroatoms. The predicted molar refractivity (Wildman–Crippen MR) is 85.8 cm³/mol. The first-order valence-electron chi connectivity index (χ1n) is 8.19. The molecule has 0 radical (unpaired) electrons. The standard InChI is InChI=1S/C19H26O3/c1-12(2)19-10-17(18(5,22-19)9-16(19)20)21-11-15-13(3)7-6-8-14(15)4/h6-8,12,17H,9-11H2,1-5H3/t17-,18+,19-/m1/s1. The fourth-order valence-electron chi connectivity index (χ4n) is 3.98. The Morgan fingerprint density at radius 1 is 1.32 bits per heavy atom. The third-order valence-corrected chi connectivity index (χ3v) is 5.57. The molecule has 0 amide bonds. The normalized spacial score (nSPS) is 33.9. The lowest BCUT2D eigenvalue weighted by atomic mass is 9.74. The van der Waals surface area contributed by atoms with Crippen molar-refractivity contribution in [3.63, 3.8) is 0 Å². The highest BCUT2D eigenvalue weighted by Crippen LogP contribution is 2.53. The van der Waals surface area contributed by atoms with E-state index in [1.54, 1.807) is 0 Å². The molecule has 2 fully saturated rings. The van der Waals surface area contributed by atoms with Crippen LogP contribution < -0.4 is 0 Å². The zero-order valence-electron chi connectivity index (χ0n) is 14.2. The molecule has 2 bridgehead atoms. The second-order valence-corrected chi connectivity index (χ2v) is 7.43. The first-order chi connectivity index (χ1) is 10.3. The Balaban J connectivity index is 1.77. The average molecular weight is 302 g/mol. The number of hydrogen-bond acceptors (Lipinski definition) is 3. The van der Waals surface area contributed by atoms with Crippen molar-refractivity contribution in [2.24, 2.45) is 5.92 Å². The van der Waals surface area contributed by atoms with E-state index in [0.717, 1.165) is 0 Å². The number of carbonyl (C=O) groups excluding carboxylic acids is 1. The monoisotopic (exact) mass is 302 g/mol. The number of ether oxygens (including phenoxy) is 2. The van der Waals surface area contributed by atoms with Crippen LogP contribution in [0, 0.1) is 19.8 Å². The zero-order chi connectivity index (χ0) is 16.1. The van der Waals surface area contributed by atoms with E-state index in [0.29, 0.717) is 19.4 Å². The van der Waals surface area contributed by atoms with Crippen molar-refractivity contribution in [2.75, 3.05) is 0 Å². The summed E-state index contributed by atoms with van der Waals surface area (Å²) in [4.78, 5) is 12.4. The number of rotatable bonds is 4. The van der Waals surface area contributed by atoms with Crippen LogP contribution in [0.1, 0.15) is 50.3 Å². The Kier molecular flexibility index (Phi) is 3.69. The molecule has 0 aromatic heterocycles. The van der Waals surface area contributed by atoms with Gasteiger partial charge in [0.25, 0.3) is 0 Å². The molecule has 0 spiro atoms. The molecule has 0 N–H and O–H groups in total. The van der Waals surface area contributed by atoms with Crippen LogP contribution in [0.15, 0.2) is 18.2 Å². The molecule has 0 unspecified atom stereocenters. The van der Waals surface area contributed by atoms with Crippen LogP contribution in [-0.2, 0) is 20.9 Å². The number of fused-ring (bicyclic) bond motifs is 2. The number of aryl methyl sites for hydroxylation is 2. The van der Waals surface area contributed by atoms with Gasteiger partial charge in [0, 0.05) is 12.8 Å². The highest BCUT2D eigenvalue weighted by Gasteiger charge is 2.65. The Bertz CT molecular complexity index is 586. The molecule has 2 aliphatic rings. The quantitative estimate of drug-likeness (QED) is 0.850. The topological polar surface area (TPSA) is 35.5 Å². The van der Waals surface area contributed by atoms with Gasteiger partial charge in [0.15, 0.2) is 5.78 Å². The summed E-state index contributed by atoms with van der Waals surface area (Å²) in [5, 5.41) is 0. The SMILES string of the molecule is Cc1cccc(C)c1CO[C@@H]1C[C@]2(C(C)C)O[C@@]1(C)CC2=O. The molecule has 1 aromatic rings. The van der Waals surface area contributed by atoms with Crippen molar-refractivity contribution in [3.05, 3.63) is 34.9 Å². The van der Waals surface area contributed by atoms with Crippen molar-refractivity contribution in [3.8, 4) is 0 Å². The van der Waals surface area contributed by atoms with Crippen molar-refractivity contribution >= 4 is 5.78 Å². The predicted octanol–water partition coefficient (Wildman–Crippen LogP) is 3.74. The number of benzene rings is 1. The van der Waals surface area contributed by atoms with E-state index in [-0.39, 0.29) is 17.8 Å². The molecule has 0 aliphatic carbocycles. The first-order valence-corrected chi connectivity index (χ1v) is 8.19. The van der Waals surface area contributed by atoms with Crippen LogP contribution in [0.2, 0.25) is 0 Å². The van der Waals surface area contributed by atoms with Gasteiger partial charge in [0.1, 0.15) is 5.60 Å². The third-order valence-electron chi connectivity index (χ3n) is 5.57. The molecular formula is C19H26O3. The molecule has 120 valence electrons. The summed E-state index contributed by atoms with van der Waals surface area (Å²) in [6, 6.07) is 6.30. The second kappa shape index (κ2) is 5.17. The van der Waals surface area contributed by atoms with Crippen LogP contribution in [0.5, 0.6) is 0 Å². The Hall–Kier alpha value is -1.19. The lowest BCUT2D eigenvalue weighted by Crippen LogP contribution is -2.44. The van der Waals surface area contributed by atoms with E-state index in [4.69, 9.17) is 9.47 Å². The van der Waals surface area contributed by atoms with E-state index in [9.17, 15) is 4.79 Å². The van der Waals surface area contributed by atoms with Crippen LogP contribution in [0.25, 0.3) is 0 Å². The first kappa shape index (κ1) is 15.7. The molecule has 3 atom stereocenters. The molecule has 3 rings (SSSR count). The molecule has 2 saturated heterocycles. The summed E-state index contributed by atoms with van der Waals surface area (Å²) < 4.78 is 12.4. The van der Waals surface area contributed by atoms with Gasteiger partial charge in [-0.15, -0.1) is 0 Å². The van der Waals surface area contributed by atoms with Gasteiger partial charge >= 0.3 is 0 Å². The van der Waals surface area contributed by atoms with Crippen molar-refractivity contribution < 1.29 is 14.3 Å². The fraction of sp³-hybridized carbons (Fsp3) is 0.632. The third kappa shape index (κ3) is 2.22. The molecule has 0 saturated carbocycles. The van der Waals surface area contributed by atoms with Crippen molar-refractivity contribution in [1.82, 2.24) is 0 Å². The highest BCUT2D eigenvalue weighted by molar-refractivity contribution is 5.92. The summed E-state index contributed by atoms with van der Waals surface area (Å²) >= 11 is 0. The molecule has 1 aromatic carbocycles. The number of hydrogen-bond donors (Lipinski definition) is 0. The molecular weight excluding hydrogens is 276 g/mol. The Morgan fingerprint density at radius 3 is 2.50 bits per heavy atom. The van der Waals surface area contributed by atoms with Crippen LogP contribution >= 0.6 is 0 Å². The number of carbonyl (C=O) groups is 1. The maximum Gasteiger partial charge on any atom is 0.167 e. The van der Waals surface area contributed by atoms with E-state index < -0.39 is 11.2 Å². The number of Topliss-reactive ketones (excluding diaryl/α,β-unsaturated/α-hetero) is 1. The van der Waals surface area contributed by atoms with Gasteiger partial charge in [-0.25, -0.2) is 0 Å². The lowest BCUT2D eigenvalue weighted by molar-refractivity contribution is -0.136. The van der Waals surface area contributed by atoms with Gasteiger partial charge < -0.3 is 9.47 Å². The van der Waals surface area contributed by atoms with Gasteiger partial charge in [0.05, 0.1) is 18.3 Å². The minimum atomic E-state index is -0.625. The highest BCUT2D eigenvalue weighted by atomic mass is 16.6. The number of ketones is 1. The maximum atomic E-state index is 12.4. The Morgan fingerprint density at radius 2 is 1.95 bits per heavy atom. The molecule has 22 heavy (non-hydrogen) atoms. The maximum absolute atomic E-state index is 12.4. The Labute approximate surface area is 133 Å². The molecule has 2 heterocycles. The van der Waals surface area contributed by atoms with E-state index in [2.05, 4.69) is 45.9 Å². The average Bonchev–Trinajstić information content (AvgIpc) is 2.86. The summed E-state index contributed by atoms with van der Waals surface area (Å²) in [6.07, 6.45) is 1.15. The summed E-state index contributed by atoms with van der Waals surface area (Å²) in [6.45, 7) is 11.0. The second-order valence-electron chi connectivity index (χ2n) is 7.43. The van der Waals surface area contributed by atoms with Gasteiger partial charge in [0.2, 0.25) is 0 Å². The van der Waals surface area contributed by atoms with Crippen molar-refractivity contribution in [1.29, 1.82) is 0 Å². The largest absolute Gasteiger partial charge is 0.370 e. The lowest BCUT2D eigenvalue weighted by Gasteiger charge is -2.30. The summed E-state index contributed by atoms with van der Waals surface area (Å²) in [5.74, 6) is 0.438. The van der Waals surface area contributed by atoms with Crippen molar-refractivity contribution in [2.45, 2.75) is 71.4 Å². The van der Waals surface area contributed by atoms with Crippen LogP contribution in [-0.4, -0.2) is 23.1 Å². The van der Waals surface area contributed by atoms with E-state index in [1.807, 2.05) is 6.92 Å². The van der Waals surface area contributed by atoms with Gasteiger partial charge in [-0.1, -0.05) is 32.0 Å². The summed E-state index contributed by atoms with van der Waals surface area (Å²) in [5.41, 5.74) is 2.67. The molecule has 3 nitrogen and oxygen atoms in total. The fourth-order valence-corrected chi connectivity index (χ4v) is 3.98. The van der Waals surface area contributed by atoms with E-state index >= 15 is 0 Å². The van der Waals surface area contributed by atoms with Gasteiger partial charge in [-0.3, -0.25) is 4.79 Å². The summed E-state index contributed by atoms with van der Waals surface area (Å²) in [7, 11) is 0. The minimum Gasteiger partial charge on any atom is -0.370 e. The zero-order valence-corrected chi connectivity index (χ0v) is 14.2. The van der Waals surface area contributed by atoms with Crippen LogP contribution in [0.3, 0.4) is 0 Å².